The molecule has 0 aliphatic heterocycles. The van der Waals surface area contributed by atoms with Gasteiger partial charge in [0.25, 0.3) is 0 Å². The van der Waals surface area contributed by atoms with Gasteiger partial charge >= 0.3 is 0 Å². The minimum atomic E-state index is 0. The van der Waals surface area contributed by atoms with Crippen LogP contribution in [0.2, 0.25) is 0 Å². The smallest absolute Gasteiger partial charge is 0.0122 e. The maximum Gasteiger partial charge on any atom is 0.0122 e. The summed E-state index contributed by atoms with van der Waals surface area (Å²) < 4.78 is 0. The summed E-state index contributed by atoms with van der Waals surface area (Å²) in [6.07, 6.45) is 0. The van der Waals surface area contributed by atoms with Crippen molar-refractivity contribution in [1.82, 2.24) is 0 Å². The van der Waals surface area contributed by atoms with Gasteiger partial charge in [-0.05, 0) is 24.3 Å². The SMILES string of the molecule is [Sn].c1ccc(Sc2ccccc2)cc1. The zero-order valence-electron chi connectivity index (χ0n) is 7.68. The van der Waals surface area contributed by atoms with Crippen molar-refractivity contribution in [3.8, 4) is 0 Å². The Bertz CT molecular complexity index is 321. The average Bonchev–Trinajstić information content (AvgIpc) is 2.21. The van der Waals surface area contributed by atoms with E-state index < -0.39 is 0 Å². The molecule has 0 N–H and O–H groups in total. The summed E-state index contributed by atoms with van der Waals surface area (Å²) in [5, 5.41) is 0. The molecular formula is C12H10SSn. The molecule has 0 aliphatic carbocycles. The Morgan fingerprint density at radius 3 is 1.29 bits per heavy atom. The second kappa shape index (κ2) is 6.14. The van der Waals surface area contributed by atoms with E-state index in [9.17, 15) is 0 Å². The molecule has 4 radical (unpaired) electrons. The third-order valence-corrected chi connectivity index (χ3v) is 2.74. The van der Waals surface area contributed by atoms with Gasteiger partial charge in [-0.2, -0.15) is 0 Å². The second-order valence-electron chi connectivity index (χ2n) is 2.73. The summed E-state index contributed by atoms with van der Waals surface area (Å²) in [7, 11) is 0. The van der Waals surface area contributed by atoms with Gasteiger partial charge in [0.15, 0.2) is 0 Å². The van der Waals surface area contributed by atoms with Crippen molar-refractivity contribution in [3.63, 3.8) is 0 Å². The van der Waals surface area contributed by atoms with Gasteiger partial charge in [0.2, 0.25) is 0 Å². The number of hydrogen-bond donors (Lipinski definition) is 0. The van der Waals surface area contributed by atoms with Crippen molar-refractivity contribution in [2.24, 2.45) is 0 Å². The first-order chi connectivity index (χ1) is 6.45. The van der Waals surface area contributed by atoms with Gasteiger partial charge in [0, 0.05) is 33.7 Å². The van der Waals surface area contributed by atoms with Crippen LogP contribution in [0.5, 0.6) is 0 Å². The minimum Gasteiger partial charge on any atom is -0.0901 e. The Morgan fingerprint density at radius 2 is 0.929 bits per heavy atom. The molecule has 2 aromatic carbocycles. The Kier molecular flexibility index (Phi) is 5.12. The Balaban J connectivity index is 0.000000980. The molecule has 2 aromatic rings. The zero-order chi connectivity index (χ0) is 8.93. The molecule has 0 unspecified atom stereocenters. The van der Waals surface area contributed by atoms with Gasteiger partial charge in [-0.25, -0.2) is 0 Å². The number of rotatable bonds is 2. The second-order valence-corrected chi connectivity index (χ2v) is 3.88. The predicted molar refractivity (Wildman–Crippen MR) is 62.8 cm³/mol. The Hall–Kier alpha value is -0.411. The summed E-state index contributed by atoms with van der Waals surface area (Å²) in [5.74, 6) is 0. The van der Waals surface area contributed by atoms with E-state index >= 15 is 0 Å². The van der Waals surface area contributed by atoms with Crippen LogP contribution in [0.4, 0.5) is 0 Å². The summed E-state index contributed by atoms with van der Waals surface area (Å²) >= 11 is 1.79. The van der Waals surface area contributed by atoms with E-state index in [0.29, 0.717) is 0 Å². The van der Waals surface area contributed by atoms with E-state index in [1.807, 2.05) is 12.1 Å². The van der Waals surface area contributed by atoms with E-state index in [1.54, 1.807) is 11.8 Å². The third-order valence-electron chi connectivity index (χ3n) is 1.72. The van der Waals surface area contributed by atoms with Crippen molar-refractivity contribution in [3.05, 3.63) is 60.7 Å². The van der Waals surface area contributed by atoms with E-state index in [0.717, 1.165) is 0 Å². The maximum atomic E-state index is 2.12. The molecule has 0 nitrogen and oxygen atoms in total. The zero-order valence-corrected chi connectivity index (χ0v) is 11.4. The molecule has 2 heteroatoms. The van der Waals surface area contributed by atoms with Gasteiger partial charge in [-0.15, -0.1) is 0 Å². The fraction of sp³-hybridized carbons (Fsp3) is 0. The molecule has 0 bridgehead atoms. The largest absolute Gasteiger partial charge is 0.0901 e. The van der Waals surface area contributed by atoms with Crippen LogP contribution in [0.1, 0.15) is 0 Å². The van der Waals surface area contributed by atoms with Crippen LogP contribution in [0.3, 0.4) is 0 Å². The van der Waals surface area contributed by atoms with Crippen molar-refractivity contribution in [2.75, 3.05) is 0 Å². The van der Waals surface area contributed by atoms with Crippen molar-refractivity contribution >= 4 is 35.7 Å². The third kappa shape index (κ3) is 3.39. The first-order valence-corrected chi connectivity index (χ1v) is 5.05. The summed E-state index contributed by atoms with van der Waals surface area (Å²) in [4.78, 5) is 2.57. The van der Waals surface area contributed by atoms with Crippen molar-refractivity contribution < 1.29 is 0 Å². The molecular weight excluding hydrogens is 295 g/mol. The fourth-order valence-electron chi connectivity index (χ4n) is 1.11. The quantitative estimate of drug-likeness (QED) is 0.766. The molecule has 68 valence electrons. The van der Waals surface area contributed by atoms with Gasteiger partial charge in [-0.1, -0.05) is 48.2 Å². The summed E-state index contributed by atoms with van der Waals surface area (Å²) in [6.45, 7) is 0. The Morgan fingerprint density at radius 1 is 0.571 bits per heavy atom. The molecule has 0 fully saturated rings. The average molecular weight is 305 g/mol. The molecule has 2 rings (SSSR count). The van der Waals surface area contributed by atoms with Gasteiger partial charge in [0.1, 0.15) is 0 Å². The Labute approximate surface area is 106 Å². The summed E-state index contributed by atoms with van der Waals surface area (Å²) in [6, 6.07) is 20.8. The van der Waals surface area contributed by atoms with Crippen LogP contribution < -0.4 is 0 Å². The molecule has 0 spiro atoms. The van der Waals surface area contributed by atoms with E-state index in [1.165, 1.54) is 9.79 Å². The standard InChI is InChI=1S/C12H10S.Sn/c1-3-7-11(8-4-1)13-12-9-5-2-6-10-12;/h1-10H;. The van der Waals surface area contributed by atoms with Gasteiger partial charge in [0.05, 0.1) is 0 Å². The molecule has 0 heterocycles. The normalized spacial score (nSPS) is 9.14. The van der Waals surface area contributed by atoms with Gasteiger partial charge < -0.3 is 0 Å². The van der Waals surface area contributed by atoms with Gasteiger partial charge in [-0.3, -0.25) is 0 Å². The van der Waals surface area contributed by atoms with E-state index in [-0.39, 0.29) is 23.9 Å². The number of benzene rings is 2. The van der Waals surface area contributed by atoms with Crippen LogP contribution in [0, 0.1) is 0 Å². The maximum absolute atomic E-state index is 2.12. The van der Waals surface area contributed by atoms with Crippen LogP contribution in [-0.4, -0.2) is 23.9 Å². The van der Waals surface area contributed by atoms with Crippen LogP contribution >= 0.6 is 11.8 Å². The van der Waals surface area contributed by atoms with E-state index in [4.69, 9.17) is 0 Å². The topological polar surface area (TPSA) is 0 Å². The van der Waals surface area contributed by atoms with E-state index in [2.05, 4.69) is 48.5 Å². The molecule has 0 aromatic heterocycles. The molecule has 0 amide bonds. The first-order valence-electron chi connectivity index (χ1n) is 4.23. The van der Waals surface area contributed by atoms with Crippen molar-refractivity contribution in [1.29, 1.82) is 0 Å². The molecule has 0 aliphatic rings. The van der Waals surface area contributed by atoms with Crippen LogP contribution in [0.25, 0.3) is 0 Å². The summed E-state index contributed by atoms with van der Waals surface area (Å²) in [5.41, 5.74) is 0. The molecule has 0 saturated carbocycles. The predicted octanol–water partition coefficient (Wildman–Crippen LogP) is 3.46. The molecule has 14 heavy (non-hydrogen) atoms. The minimum absolute atomic E-state index is 0. The monoisotopic (exact) mass is 306 g/mol. The van der Waals surface area contributed by atoms with Crippen molar-refractivity contribution in [2.45, 2.75) is 9.79 Å². The first kappa shape index (κ1) is 11.7. The van der Waals surface area contributed by atoms with Crippen LogP contribution in [0.15, 0.2) is 70.5 Å². The fourth-order valence-corrected chi connectivity index (χ4v) is 1.97. The number of hydrogen-bond acceptors (Lipinski definition) is 1. The van der Waals surface area contributed by atoms with Crippen LogP contribution in [-0.2, 0) is 0 Å². The molecule has 0 atom stereocenters. The molecule has 0 saturated heterocycles.